The fourth-order valence-electron chi connectivity index (χ4n) is 4.54. The molecule has 0 aromatic heterocycles. The van der Waals surface area contributed by atoms with Crippen molar-refractivity contribution in [2.24, 2.45) is 0 Å². The Morgan fingerprint density at radius 1 is 0.392 bits per heavy atom. The third-order valence-electron chi connectivity index (χ3n) is 7.15. The van der Waals surface area contributed by atoms with Gasteiger partial charge in [-0.15, -0.1) is 0 Å². The number of aliphatic hydroxyl groups is 1. The van der Waals surface area contributed by atoms with Gasteiger partial charge in [0, 0.05) is 60.6 Å². The first-order valence-electron chi connectivity index (χ1n) is 14.1. The number of benzene rings is 3. The molecule has 3 rings (SSSR count). The second kappa shape index (κ2) is 19.5. The van der Waals surface area contributed by atoms with Crippen molar-refractivity contribution in [1.29, 1.82) is 0 Å². The van der Waals surface area contributed by atoms with E-state index in [9.17, 15) is 57.8 Å². The standard InChI is InChI=1S/C31H28F12O7.Zr/c1-45-7-13-19(32)25(38)16(26(39)20(13)33)10-48-31(5-4-6-44,49-11-17-27(40)21(34)14(8-46-2)22(35)28(17)41)50-12-18-29(42)23(36)15(9-47-3)24(37)30(18)43;/h44H,4-12H2,1-3H3;. The van der Waals surface area contributed by atoms with Crippen molar-refractivity contribution in [3.63, 3.8) is 0 Å². The van der Waals surface area contributed by atoms with Gasteiger partial charge >= 0.3 is 0 Å². The molecule has 1 N–H and O–H groups in total. The molecule has 20 heteroatoms. The average molecular weight is 832 g/mol. The minimum absolute atomic E-state index is 0. The van der Waals surface area contributed by atoms with Crippen molar-refractivity contribution < 1.29 is 112 Å². The number of hydrogen-bond acceptors (Lipinski definition) is 7. The molecule has 0 unspecified atom stereocenters. The molecule has 7 nitrogen and oxygen atoms in total. The molecule has 0 radical (unpaired) electrons. The molecule has 0 saturated heterocycles. The van der Waals surface area contributed by atoms with E-state index in [4.69, 9.17) is 14.2 Å². The van der Waals surface area contributed by atoms with Crippen LogP contribution in [0, 0.1) is 69.8 Å². The third kappa shape index (κ3) is 9.51. The quantitative estimate of drug-likeness (QED) is 0.0829. The summed E-state index contributed by atoms with van der Waals surface area (Å²) in [7, 11) is 2.87. The molecule has 0 spiro atoms. The van der Waals surface area contributed by atoms with Crippen LogP contribution in [-0.2, 0) is 94.3 Å². The molecule has 0 saturated carbocycles. The Hall–Kier alpha value is -2.58. The van der Waals surface area contributed by atoms with E-state index in [-0.39, 0.29) is 26.2 Å². The van der Waals surface area contributed by atoms with Crippen LogP contribution < -0.4 is 0 Å². The van der Waals surface area contributed by atoms with Gasteiger partial charge < -0.3 is 33.5 Å². The zero-order valence-corrected chi connectivity index (χ0v) is 29.3. The summed E-state index contributed by atoms with van der Waals surface area (Å²) in [5.41, 5.74) is -8.04. The molecule has 0 amide bonds. The van der Waals surface area contributed by atoms with Crippen molar-refractivity contribution in [1.82, 2.24) is 0 Å². The van der Waals surface area contributed by atoms with Crippen LogP contribution in [0.15, 0.2) is 0 Å². The SMILES string of the molecule is COCc1c(F)c(F)c(COC(CCCO)(OCc2c(F)c(F)c(COC)c(F)c2F)OCc2c(F)c(F)c(COC)c(F)c2F)c(F)c1F.[Zr]. The van der Waals surface area contributed by atoms with Gasteiger partial charge in [-0.05, 0) is 6.42 Å². The maximum absolute atomic E-state index is 14.9. The van der Waals surface area contributed by atoms with E-state index < -0.39 is 168 Å². The largest absolute Gasteiger partial charge is 0.396 e. The van der Waals surface area contributed by atoms with Gasteiger partial charge in [0.05, 0.1) is 73.0 Å². The molecule has 3 aromatic carbocycles. The number of halogens is 12. The summed E-state index contributed by atoms with van der Waals surface area (Å²) in [6, 6.07) is 0. The Kier molecular flexibility index (Phi) is 17.0. The summed E-state index contributed by atoms with van der Waals surface area (Å²) < 4.78 is 206. The van der Waals surface area contributed by atoms with E-state index in [1.165, 1.54) is 0 Å². The van der Waals surface area contributed by atoms with Gasteiger partial charge in [-0.1, -0.05) is 0 Å². The van der Waals surface area contributed by atoms with Crippen molar-refractivity contribution in [3.8, 4) is 0 Å². The van der Waals surface area contributed by atoms with Gasteiger partial charge in [0.2, 0.25) is 0 Å². The molecule has 0 aliphatic carbocycles. The van der Waals surface area contributed by atoms with E-state index in [0.29, 0.717) is 0 Å². The van der Waals surface area contributed by atoms with Crippen LogP contribution in [0.5, 0.6) is 0 Å². The third-order valence-corrected chi connectivity index (χ3v) is 7.15. The van der Waals surface area contributed by atoms with E-state index in [0.717, 1.165) is 21.3 Å². The summed E-state index contributed by atoms with van der Waals surface area (Å²) >= 11 is 0. The summed E-state index contributed by atoms with van der Waals surface area (Å²) in [6.45, 7) is -8.42. The van der Waals surface area contributed by atoms with Crippen molar-refractivity contribution >= 4 is 0 Å². The van der Waals surface area contributed by atoms with Gasteiger partial charge in [0.25, 0.3) is 5.97 Å². The number of methoxy groups -OCH3 is 3. The van der Waals surface area contributed by atoms with E-state index in [1.54, 1.807) is 0 Å². The Balaban J connectivity index is 0.00000901. The van der Waals surface area contributed by atoms with Gasteiger partial charge in [-0.25, -0.2) is 52.7 Å². The predicted molar refractivity (Wildman–Crippen MR) is 144 cm³/mol. The molecule has 0 heterocycles. The monoisotopic (exact) mass is 830 g/mol. The fraction of sp³-hybridized carbons (Fsp3) is 0.419. The maximum Gasteiger partial charge on any atom is 0.283 e. The zero-order chi connectivity index (χ0) is 37.5. The zero-order valence-electron chi connectivity index (χ0n) is 26.8. The van der Waals surface area contributed by atoms with E-state index in [2.05, 4.69) is 14.2 Å². The van der Waals surface area contributed by atoms with Crippen LogP contribution in [0.4, 0.5) is 52.7 Å². The fourth-order valence-corrected chi connectivity index (χ4v) is 4.54. The topological polar surface area (TPSA) is 75.6 Å². The molecule has 282 valence electrons. The van der Waals surface area contributed by atoms with E-state index >= 15 is 0 Å². The first kappa shape index (κ1) is 44.6. The Morgan fingerprint density at radius 3 is 0.765 bits per heavy atom. The normalized spacial score (nSPS) is 11.8. The molecule has 51 heavy (non-hydrogen) atoms. The van der Waals surface area contributed by atoms with Crippen molar-refractivity contribution in [2.75, 3.05) is 27.9 Å². The van der Waals surface area contributed by atoms with Crippen molar-refractivity contribution in [2.45, 2.75) is 58.5 Å². The second-order valence-corrected chi connectivity index (χ2v) is 10.3. The summed E-state index contributed by atoms with van der Waals surface area (Å²) in [5, 5.41) is 9.45. The Labute approximate surface area is 301 Å². The van der Waals surface area contributed by atoms with Gasteiger partial charge in [0.1, 0.15) is 0 Å². The molecule has 0 aliphatic heterocycles. The number of aliphatic hydroxyl groups excluding tert-OH is 1. The second-order valence-electron chi connectivity index (χ2n) is 10.3. The van der Waals surface area contributed by atoms with E-state index in [1.807, 2.05) is 0 Å². The van der Waals surface area contributed by atoms with Crippen molar-refractivity contribution in [3.05, 3.63) is 103 Å². The maximum atomic E-state index is 14.9. The average Bonchev–Trinajstić information content (AvgIpc) is 3.10. The van der Waals surface area contributed by atoms with Crippen LogP contribution in [0.25, 0.3) is 0 Å². The summed E-state index contributed by atoms with van der Waals surface area (Å²) in [4.78, 5) is 0. The molecular formula is C31H28F12O7Zr. The van der Waals surface area contributed by atoms with Crippen LogP contribution >= 0.6 is 0 Å². The molecular weight excluding hydrogens is 804 g/mol. The van der Waals surface area contributed by atoms with Crippen LogP contribution in [0.2, 0.25) is 0 Å². The van der Waals surface area contributed by atoms with Crippen LogP contribution in [-0.4, -0.2) is 39.0 Å². The molecule has 0 fully saturated rings. The smallest absolute Gasteiger partial charge is 0.283 e. The molecule has 3 aromatic rings. The molecule has 0 atom stereocenters. The Morgan fingerprint density at radius 2 is 0.588 bits per heavy atom. The number of hydrogen-bond donors (Lipinski definition) is 1. The molecule has 0 aliphatic rings. The van der Waals surface area contributed by atoms with Gasteiger partial charge in [-0.3, -0.25) is 0 Å². The predicted octanol–water partition coefficient (Wildman–Crippen LogP) is 7.17. The van der Waals surface area contributed by atoms with Crippen LogP contribution in [0.3, 0.4) is 0 Å². The number of rotatable bonds is 18. The van der Waals surface area contributed by atoms with Gasteiger partial charge in [0.15, 0.2) is 69.8 Å². The first-order chi connectivity index (χ1) is 23.6. The van der Waals surface area contributed by atoms with Crippen LogP contribution in [0.1, 0.15) is 46.2 Å². The minimum Gasteiger partial charge on any atom is -0.396 e. The Bertz CT molecular complexity index is 1420. The minimum atomic E-state index is -3.16. The summed E-state index contributed by atoms with van der Waals surface area (Å²) in [6.07, 6.45) is -1.49. The first-order valence-corrected chi connectivity index (χ1v) is 14.1. The summed E-state index contributed by atoms with van der Waals surface area (Å²) in [5.74, 6) is -27.1. The molecule has 0 bridgehead atoms. The number of ether oxygens (including phenoxy) is 6. The van der Waals surface area contributed by atoms with Gasteiger partial charge in [-0.2, -0.15) is 0 Å².